The van der Waals surface area contributed by atoms with Gasteiger partial charge in [-0.3, -0.25) is 4.90 Å². The van der Waals surface area contributed by atoms with Crippen molar-refractivity contribution in [1.29, 1.82) is 0 Å². The second kappa shape index (κ2) is 5.28. The number of carboxylic acids is 1. The molecule has 0 aromatic carbocycles. The van der Waals surface area contributed by atoms with E-state index in [0.717, 1.165) is 25.0 Å². The highest BCUT2D eigenvalue weighted by Gasteiger charge is 2.25. The van der Waals surface area contributed by atoms with Crippen LogP contribution in [0.4, 0.5) is 0 Å². The SMILES string of the molecule is C/C(=C\C(=O)O)CN1CCCC(O)C1C. The Morgan fingerprint density at radius 1 is 1.60 bits per heavy atom. The van der Waals surface area contributed by atoms with Gasteiger partial charge in [0.25, 0.3) is 0 Å². The number of likely N-dealkylation sites (tertiary alicyclic amines) is 1. The van der Waals surface area contributed by atoms with Gasteiger partial charge in [-0.15, -0.1) is 0 Å². The minimum absolute atomic E-state index is 0.121. The Kier molecular flexibility index (Phi) is 4.29. The Morgan fingerprint density at radius 2 is 2.27 bits per heavy atom. The van der Waals surface area contributed by atoms with Gasteiger partial charge in [-0.05, 0) is 33.2 Å². The predicted octanol–water partition coefficient (Wildman–Crippen LogP) is 0.863. The van der Waals surface area contributed by atoms with E-state index in [0.29, 0.717) is 6.54 Å². The molecule has 0 radical (unpaired) electrons. The van der Waals surface area contributed by atoms with Crippen LogP contribution in [0.1, 0.15) is 26.7 Å². The van der Waals surface area contributed by atoms with Crippen LogP contribution in [0, 0.1) is 0 Å². The first-order chi connectivity index (χ1) is 7.00. The van der Waals surface area contributed by atoms with Crippen molar-refractivity contribution in [3.8, 4) is 0 Å². The van der Waals surface area contributed by atoms with Crippen molar-refractivity contribution in [2.45, 2.75) is 38.8 Å². The summed E-state index contributed by atoms with van der Waals surface area (Å²) in [6.45, 7) is 5.35. The molecular formula is C11H19NO3. The van der Waals surface area contributed by atoms with Gasteiger partial charge in [-0.1, -0.05) is 5.57 Å². The number of piperidine rings is 1. The third-order valence-corrected chi connectivity index (χ3v) is 2.90. The number of hydrogen-bond donors (Lipinski definition) is 2. The van der Waals surface area contributed by atoms with Crippen molar-refractivity contribution in [2.24, 2.45) is 0 Å². The van der Waals surface area contributed by atoms with E-state index in [9.17, 15) is 9.90 Å². The second-order valence-electron chi connectivity index (χ2n) is 4.25. The summed E-state index contributed by atoms with van der Waals surface area (Å²) in [6.07, 6.45) is 2.77. The summed E-state index contributed by atoms with van der Waals surface area (Å²) in [5, 5.41) is 18.3. The van der Waals surface area contributed by atoms with Gasteiger partial charge >= 0.3 is 5.97 Å². The molecule has 0 aliphatic carbocycles. The zero-order chi connectivity index (χ0) is 11.4. The Hall–Kier alpha value is -0.870. The maximum absolute atomic E-state index is 10.5. The fourth-order valence-electron chi connectivity index (χ4n) is 1.99. The number of carbonyl (C=O) groups is 1. The molecular weight excluding hydrogens is 194 g/mol. The summed E-state index contributed by atoms with van der Waals surface area (Å²) < 4.78 is 0. The molecule has 0 aromatic rings. The summed E-state index contributed by atoms with van der Waals surface area (Å²) in [5.41, 5.74) is 0.823. The minimum Gasteiger partial charge on any atom is -0.478 e. The Balaban J connectivity index is 2.53. The van der Waals surface area contributed by atoms with E-state index >= 15 is 0 Å². The van der Waals surface area contributed by atoms with Crippen molar-refractivity contribution in [2.75, 3.05) is 13.1 Å². The molecule has 0 aromatic heterocycles. The van der Waals surface area contributed by atoms with Gasteiger partial charge in [-0.25, -0.2) is 4.79 Å². The van der Waals surface area contributed by atoms with Crippen LogP contribution in [0.25, 0.3) is 0 Å². The van der Waals surface area contributed by atoms with Crippen LogP contribution in [0.2, 0.25) is 0 Å². The number of aliphatic hydroxyl groups is 1. The molecule has 1 rings (SSSR count). The molecule has 1 fully saturated rings. The third kappa shape index (κ3) is 3.64. The van der Waals surface area contributed by atoms with E-state index < -0.39 is 5.97 Å². The first-order valence-electron chi connectivity index (χ1n) is 5.33. The summed E-state index contributed by atoms with van der Waals surface area (Å²) >= 11 is 0. The van der Waals surface area contributed by atoms with E-state index in [2.05, 4.69) is 4.90 Å². The van der Waals surface area contributed by atoms with Gasteiger partial charge < -0.3 is 10.2 Å². The molecule has 15 heavy (non-hydrogen) atoms. The Bertz CT molecular complexity index is 263. The lowest BCUT2D eigenvalue weighted by atomic mass is 10.00. The largest absolute Gasteiger partial charge is 0.478 e. The first-order valence-corrected chi connectivity index (χ1v) is 5.33. The molecule has 0 bridgehead atoms. The van der Waals surface area contributed by atoms with Gasteiger partial charge in [0.1, 0.15) is 0 Å². The van der Waals surface area contributed by atoms with Crippen molar-refractivity contribution in [1.82, 2.24) is 4.90 Å². The van der Waals surface area contributed by atoms with Crippen molar-refractivity contribution < 1.29 is 15.0 Å². The smallest absolute Gasteiger partial charge is 0.328 e. The van der Waals surface area contributed by atoms with Crippen LogP contribution in [-0.4, -0.2) is 46.3 Å². The van der Waals surface area contributed by atoms with Crippen LogP contribution in [0.3, 0.4) is 0 Å². The van der Waals surface area contributed by atoms with Crippen LogP contribution in [0.15, 0.2) is 11.6 Å². The quantitative estimate of drug-likeness (QED) is 0.683. The molecule has 2 N–H and O–H groups in total. The lowest BCUT2D eigenvalue weighted by molar-refractivity contribution is -0.131. The molecule has 2 unspecified atom stereocenters. The van der Waals surface area contributed by atoms with Crippen molar-refractivity contribution in [3.05, 3.63) is 11.6 Å². The van der Waals surface area contributed by atoms with Gasteiger partial charge in [0.05, 0.1) is 6.10 Å². The number of aliphatic hydroxyl groups excluding tert-OH is 1. The molecule has 4 nitrogen and oxygen atoms in total. The van der Waals surface area contributed by atoms with Crippen LogP contribution < -0.4 is 0 Å². The van der Waals surface area contributed by atoms with Crippen molar-refractivity contribution in [3.63, 3.8) is 0 Å². The van der Waals surface area contributed by atoms with E-state index in [1.807, 2.05) is 13.8 Å². The van der Waals surface area contributed by atoms with Gasteiger partial charge in [0.2, 0.25) is 0 Å². The lowest BCUT2D eigenvalue weighted by Gasteiger charge is -2.37. The second-order valence-corrected chi connectivity index (χ2v) is 4.25. The summed E-state index contributed by atoms with van der Waals surface area (Å²) in [4.78, 5) is 12.6. The molecule has 0 spiro atoms. The van der Waals surface area contributed by atoms with Crippen LogP contribution in [-0.2, 0) is 4.79 Å². The van der Waals surface area contributed by atoms with E-state index in [4.69, 9.17) is 5.11 Å². The molecule has 1 heterocycles. The molecule has 1 saturated heterocycles. The molecule has 0 amide bonds. The Labute approximate surface area is 90.2 Å². The minimum atomic E-state index is -0.905. The zero-order valence-electron chi connectivity index (χ0n) is 9.31. The van der Waals surface area contributed by atoms with Crippen molar-refractivity contribution >= 4 is 5.97 Å². The average molecular weight is 213 g/mol. The highest BCUT2D eigenvalue weighted by atomic mass is 16.4. The van der Waals surface area contributed by atoms with Gasteiger partial charge in [0.15, 0.2) is 0 Å². The molecule has 0 saturated carbocycles. The third-order valence-electron chi connectivity index (χ3n) is 2.90. The molecule has 86 valence electrons. The number of rotatable bonds is 3. The number of hydrogen-bond acceptors (Lipinski definition) is 3. The normalized spacial score (nSPS) is 29.1. The van der Waals surface area contributed by atoms with E-state index in [1.165, 1.54) is 6.08 Å². The average Bonchev–Trinajstić information content (AvgIpc) is 2.11. The highest BCUT2D eigenvalue weighted by Crippen LogP contribution is 2.18. The maximum atomic E-state index is 10.5. The summed E-state index contributed by atoms with van der Waals surface area (Å²) in [7, 11) is 0. The topological polar surface area (TPSA) is 60.8 Å². The number of nitrogens with zero attached hydrogens (tertiary/aromatic N) is 1. The fourth-order valence-corrected chi connectivity index (χ4v) is 1.99. The van der Waals surface area contributed by atoms with Gasteiger partial charge in [0, 0.05) is 18.7 Å². The predicted molar refractivity (Wildman–Crippen MR) is 57.7 cm³/mol. The summed E-state index contributed by atoms with van der Waals surface area (Å²) in [5.74, 6) is -0.905. The monoisotopic (exact) mass is 213 g/mol. The van der Waals surface area contributed by atoms with E-state index in [1.54, 1.807) is 0 Å². The lowest BCUT2D eigenvalue weighted by Crippen LogP contribution is -2.46. The van der Waals surface area contributed by atoms with Gasteiger partial charge in [-0.2, -0.15) is 0 Å². The molecule has 4 heteroatoms. The summed E-state index contributed by atoms with van der Waals surface area (Å²) in [6, 6.07) is 0.121. The first kappa shape index (κ1) is 12.2. The van der Waals surface area contributed by atoms with E-state index in [-0.39, 0.29) is 12.1 Å². The zero-order valence-corrected chi connectivity index (χ0v) is 9.31. The molecule has 1 aliphatic heterocycles. The Morgan fingerprint density at radius 3 is 2.87 bits per heavy atom. The van der Waals surface area contributed by atoms with Crippen LogP contribution in [0.5, 0.6) is 0 Å². The maximum Gasteiger partial charge on any atom is 0.328 e. The molecule has 1 aliphatic rings. The van der Waals surface area contributed by atoms with Crippen LogP contribution >= 0.6 is 0 Å². The number of aliphatic carboxylic acids is 1. The fraction of sp³-hybridized carbons (Fsp3) is 0.727. The highest BCUT2D eigenvalue weighted by molar-refractivity contribution is 5.80. The molecule has 2 atom stereocenters. The standard InChI is InChI=1S/C11H19NO3/c1-8(6-11(14)15)7-12-5-3-4-10(13)9(12)2/h6,9-10,13H,3-5,7H2,1-2H3,(H,14,15)/b8-6+. The number of carboxylic acid groups (broad SMARTS) is 1.